The molecule has 0 unspecified atom stereocenters. The van der Waals surface area contributed by atoms with E-state index >= 15 is 0 Å². The van der Waals surface area contributed by atoms with Gasteiger partial charge in [0.2, 0.25) is 0 Å². The second kappa shape index (κ2) is 9.13. The van der Waals surface area contributed by atoms with Crippen LogP contribution in [-0.2, 0) is 9.53 Å². The molecule has 0 heterocycles. The van der Waals surface area contributed by atoms with Crippen molar-refractivity contribution < 1.29 is 19.1 Å². The molecule has 0 saturated carbocycles. The van der Waals surface area contributed by atoms with Crippen LogP contribution < -0.4 is 4.74 Å². The molecule has 0 amide bonds. The molecule has 0 aromatic heterocycles. The summed E-state index contributed by atoms with van der Waals surface area (Å²) in [6, 6.07) is 7.13. The van der Waals surface area contributed by atoms with Gasteiger partial charge >= 0.3 is 5.97 Å². The molecule has 0 aliphatic carbocycles. The maximum absolute atomic E-state index is 11.9. The van der Waals surface area contributed by atoms with Crippen molar-refractivity contribution in [3.05, 3.63) is 29.8 Å². The lowest BCUT2D eigenvalue weighted by atomic mass is 10.0. The van der Waals surface area contributed by atoms with Crippen LogP contribution in [0.4, 0.5) is 0 Å². The largest absolute Gasteiger partial charge is 0.497 e. The molecule has 0 aliphatic rings. The number of methoxy groups -OCH3 is 1. The van der Waals surface area contributed by atoms with Crippen molar-refractivity contribution in [1.29, 1.82) is 0 Å². The van der Waals surface area contributed by atoms with Crippen LogP contribution in [0.1, 0.15) is 49.4 Å². The zero-order chi connectivity index (χ0) is 14.8. The number of benzene rings is 1. The number of hydrogen-bond donors (Lipinski definition) is 0. The molecule has 20 heavy (non-hydrogen) atoms. The Morgan fingerprint density at radius 1 is 1.00 bits per heavy atom. The molecule has 4 heteroatoms. The van der Waals surface area contributed by atoms with Gasteiger partial charge in [-0.1, -0.05) is 6.42 Å². The lowest BCUT2D eigenvalue weighted by molar-refractivity contribution is -0.143. The van der Waals surface area contributed by atoms with Gasteiger partial charge in [-0.05, 0) is 44.0 Å². The molecule has 0 bridgehead atoms. The molecule has 0 N–H and O–H groups in total. The van der Waals surface area contributed by atoms with E-state index in [1.807, 2.05) is 0 Å². The highest BCUT2D eigenvalue weighted by Gasteiger charge is 2.06. The third-order valence-corrected chi connectivity index (χ3v) is 3.00. The molecule has 1 aromatic carbocycles. The van der Waals surface area contributed by atoms with Crippen LogP contribution in [-0.4, -0.2) is 25.5 Å². The highest BCUT2D eigenvalue weighted by Crippen LogP contribution is 2.14. The average Bonchev–Trinajstić information content (AvgIpc) is 2.47. The quantitative estimate of drug-likeness (QED) is 0.395. The third-order valence-electron chi connectivity index (χ3n) is 3.00. The minimum absolute atomic E-state index is 0.129. The molecule has 1 rings (SSSR count). The molecule has 0 fully saturated rings. The monoisotopic (exact) mass is 278 g/mol. The first-order chi connectivity index (χ1) is 9.67. The lowest BCUT2D eigenvalue weighted by Gasteiger charge is -2.04. The molecular formula is C16H22O4. The maximum Gasteiger partial charge on any atom is 0.305 e. The summed E-state index contributed by atoms with van der Waals surface area (Å²) in [5, 5.41) is 0. The highest BCUT2D eigenvalue weighted by atomic mass is 16.5. The molecule has 0 saturated heterocycles. The number of Topliss-reactive ketones (excluding diaryl/α,β-unsaturated/α-hetero) is 1. The van der Waals surface area contributed by atoms with Gasteiger partial charge < -0.3 is 9.47 Å². The number of carbonyl (C=O) groups excluding carboxylic acids is 2. The van der Waals surface area contributed by atoms with Crippen LogP contribution in [0, 0.1) is 0 Å². The van der Waals surface area contributed by atoms with Gasteiger partial charge in [-0.15, -0.1) is 0 Å². The summed E-state index contributed by atoms with van der Waals surface area (Å²) in [6.07, 6.45) is 3.37. The fourth-order valence-electron chi connectivity index (χ4n) is 1.89. The van der Waals surface area contributed by atoms with Crippen molar-refractivity contribution in [2.75, 3.05) is 13.7 Å². The van der Waals surface area contributed by atoms with E-state index in [4.69, 9.17) is 9.47 Å². The predicted octanol–water partition coefficient (Wildman–Crippen LogP) is 3.39. The van der Waals surface area contributed by atoms with Gasteiger partial charge in [-0.3, -0.25) is 9.59 Å². The number of hydrogen-bond acceptors (Lipinski definition) is 4. The first-order valence-corrected chi connectivity index (χ1v) is 7.00. The summed E-state index contributed by atoms with van der Waals surface area (Å²) in [5.74, 6) is 0.716. The topological polar surface area (TPSA) is 52.6 Å². The van der Waals surface area contributed by atoms with Crippen molar-refractivity contribution in [1.82, 2.24) is 0 Å². The Balaban J connectivity index is 2.21. The summed E-state index contributed by atoms with van der Waals surface area (Å²) < 4.78 is 9.89. The Bertz CT molecular complexity index is 423. The fraction of sp³-hybridized carbons (Fsp3) is 0.500. The van der Waals surface area contributed by atoms with Crippen LogP contribution in [0.25, 0.3) is 0 Å². The van der Waals surface area contributed by atoms with E-state index in [0.717, 1.165) is 25.0 Å². The van der Waals surface area contributed by atoms with Crippen LogP contribution >= 0.6 is 0 Å². The van der Waals surface area contributed by atoms with Gasteiger partial charge in [-0.25, -0.2) is 0 Å². The van der Waals surface area contributed by atoms with E-state index < -0.39 is 0 Å². The van der Waals surface area contributed by atoms with E-state index in [9.17, 15) is 9.59 Å². The van der Waals surface area contributed by atoms with Crippen molar-refractivity contribution in [3.8, 4) is 5.75 Å². The first kappa shape index (κ1) is 16.2. The third kappa shape index (κ3) is 5.87. The van der Waals surface area contributed by atoms with Crippen molar-refractivity contribution in [2.45, 2.75) is 39.0 Å². The van der Waals surface area contributed by atoms with E-state index in [2.05, 4.69) is 0 Å². The smallest absolute Gasteiger partial charge is 0.305 e. The SMILES string of the molecule is CCOC(=O)CCCCCC(=O)c1ccc(OC)cc1. The summed E-state index contributed by atoms with van der Waals surface area (Å²) in [7, 11) is 1.60. The number of esters is 1. The number of carbonyl (C=O) groups is 2. The maximum atomic E-state index is 11.9. The second-order valence-electron chi connectivity index (χ2n) is 4.52. The number of ketones is 1. The van der Waals surface area contributed by atoms with E-state index in [1.165, 1.54) is 0 Å². The van der Waals surface area contributed by atoms with E-state index in [0.29, 0.717) is 25.0 Å². The normalized spacial score (nSPS) is 10.1. The van der Waals surface area contributed by atoms with Crippen molar-refractivity contribution in [3.63, 3.8) is 0 Å². The lowest BCUT2D eigenvalue weighted by Crippen LogP contribution is -2.03. The van der Waals surface area contributed by atoms with Crippen LogP contribution in [0.15, 0.2) is 24.3 Å². The van der Waals surface area contributed by atoms with Crippen LogP contribution in [0.3, 0.4) is 0 Å². The molecular weight excluding hydrogens is 256 g/mol. The zero-order valence-corrected chi connectivity index (χ0v) is 12.2. The number of unbranched alkanes of at least 4 members (excludes halogenated alkanes) is 2. The minimum Gasteiger partial charge on any atom is -0.497 e. The standard InChI is InChI=1S/C16H22O4/c1-3-20-16(18)8-6-4-5-7-15(17)13-9-11-14(19-2)12-10-13/h9-12H,3-8H2,1-2H3. The Kier molecular flexibility index (Phi) is 7.40. The highest BCUT2D eigenvalue weighted by molar-refractivity contribution is 5.96. The summed E-state index contributed by atoms with van der Waals surface area (Å²) in [6.45, 7) is 2.22. The molecule has 0 spiro atoms. The van der Waals surface area contributed by atoms with E-state index in [-0.39, 0.29) is 11.8 Å². The molecule has 1 aromatic rings. The van der Waals surface area contributed by atoms with Crippen LogP contribution in [0.5, 0.6) is 5.75 Å². The molecule has 4 nitrogen and oxygen atoms in total. The average molecular weight is 278 g/mol. The fourth-order valence-corrected chi connectivity index (χ4v) is 1.89. The van der Waals surface area contributed by atoms with Crippen molar-refractivity contribution >= 4 is 11.8 Å². The van der Waals surface area contributed by atoms with Gasteiger partial charge in [0, 0.05) is 18.4 Å². The number of rotatable bonds is 9. The Morgan fingerprint density at radius 2 is 1.65 bits per heavy atom. The van der Waals surface area contributed by atoms with Crippen LogP contribution in [0.2, 0.25) is 0 Å². The molecule has 0 aliphatic heterocycles. The van der Waals surface area contributed by atoms with Gasteiger partial charge in [0.15, 0.2) is 5.78 Å². The predicted molar refractivity (Wildman–Crippen MR) is 77.0 cm³/mol. The molecule has 110 valence electrons. The van der Waals surface area contributed by atoms with Gasteiger partial charge in [0.1, 0.15) is 5.75 Å². The molecule has 0 radical (unpaired) electrons. The summed E-state index contributed by atoms with van der Waals surface area (Å²) >= 11 is 0. The Labute approximate surface area is 120 Å². The molecule has 0 atom stereocenters. The number of ether oxygens (including phenoxy) is 2. The van der Waals surface area contributed by atoms with Crippen molar-refractivity contribution in [2.24, 2.45) is 0 Å². The minimum atomic E-state index is -0.158. The first-order valence-electron chi connectivity index (χ1n) is 7.00. The Hall–Kier alpha value is -1.84. The summed E-state index contributed by atoms with van der Waals surface area (Å²) in [5.41, 5.74) is 0.705. The van der Waals surface area contributed by atoms with Gasteiger partial charge in [0.25, 0.3) is 0 Å². The van der Waals surface area contributed by atoms with E-state index in [1.54, 1.807) is 38.3 Å². The van der Waals surface area contributed by atoms with Gasteiger partial charge in [-0.2, -0.15) is 0 Å². The zero-order valence-electron chi connectivity index (χ0n) is 12.2. The Morgan fingerprint density at radius 3 is 2.25 bits per heavy atom. The second-order valence-corrected chi connectivity index (χ2v) is 4.52. The summed E-state index contributed by atoms with van der Waals surface area (Å²) in [4.78, 5) is 23.0. The van der Waals surface area contributed by atoms with Gasteiger partial charge in [0.05, 0.1) is 13.7 Å².